The highest BCUT2D eigenvalue weighted by Crippen LogP contribution is 2.21. The van der Waals surface area contributed by atoms with Crippen LogP contribution < -0.4 is 0 Å². The molecule has 102 valence electrons. The van der Waals surface area contributed by atoms with Gasteiger partial charge in [0.15, 0.2) is 0 Å². The molecule has 2 rings (SSSR count). The Morgan fingerprint density at radius 3 is 1.40 bits per heavy atom. The van der Waals surface area contributed by atoms with Crippen LogP contribution in [0.5, 0.6) is 11.5 Å². The predicted molar refractivity (Wildman–Crippen MR) is 79.1 cm³/mol. The first kappa shape index (κ1) is 13.8. The van der Waals surface area contributed by atoms with E-state index in [1.165, 1.54) is 12.1 Å². The quantitative estimate of drug-likeness (QED) is 0.627. The zero-order valence-electron chi connectivity index (χ0n) is 10.9. The summed E-state index contributed by atoms with van der Waals surface area (Å²) in [5.41, 5.74) is 1.53. The number of para-hydroxylation sites is 2. The molecular formula is C16H16N2O2. The van der Waals surface area contributed by atoms with Gasteiger partial charge in [0.25, 0.3) is 0 Å². The Balaban J connectivity index is 2.03. The van der Waals surface area contributed by atoms with E-state index in [1.54, 1.807) is 36.4 Å². The van der Waals surface area contributed by atoms with Crippen molar-refractivity contribution in [3.8, 4) is 11.5 Å². The topological polar surface area (TPSA) is 88.2 Å². The molecule has 0 amide bonds. The van der Waals surface area contributed by atoms with E-state index in [9.17, 15) is 10.2 Å². The molecule has 4 nitrogen and oxygen atoms in total. The van der Waals surface area contributed by atoms with Gasteiger partial charge in [0.2, 0.25) is 0 Å². The third-order valence-corrected chi connectivity index (χ3v) is 3.08. The molecule has 4 heteroatoms. The van der Waals surface area contributed by atoms with E-state index in [0.29, 0.717) is 24.0 Å². The second-order valence-electron chi connectivity index (χ2n) is 4.49. The molecule has 0 saturated heterocycles. The lowest BCUT2D eigenvalue weighted by Crippen LogP contribution is -2.05. The molecule has 0 heterocycles. The van der Waals surface area contributed by atoms with Gasteiger partial charge in [0.05, 0.1) is 0 Å². The van der Waals surface area contributed by atoms with Gasteiger partial charge in [-0.15, -0.1) is 0 Å². The average molecular weight is 268 g/mol. The first-order chi connectivity index (χ1) is 9.59. The van der Waals surface area contributed by atoms with E-state index in [2.05, 4.69) is 0 Å². The minimum Gasteiger partial charge on any atom is -0.507 e. The largest absolute Gasteiger partial charge is 0.507 e. The third kappa shape index (κ3) is 3.03. The molecule has 0 bridgehead atoms. The molecule has 0 aliphatic heterocycles. The molecule has 0 aliphatic carbocycles. The summed E-state index contributed by atoms with van der Waals surface area (Å²) in [5, 5.41) is 35.3. The number of aromatic hydroxyl groups is 2. The van der Waals surface area contributed by atoms with E-state index in [1.807, 2.05) is 0 Å². The Morgan fingerprint density at radius 1 is 0.700 bits per heavy atom. The summed E-state index contributed by atoms with van der Waals surface area (Å²) < 4.78 is 0. The van der Waals surface area contributed by atoms with Crippen molar-refractivity contribution in [1.82, 2.24) is 0 Å². The van der Waals surface area contributed by atoms with Gasteiger partial charge in [-0.3, -0.25) is 0 Å². The van der Waals surface area contributed by atoms with E-state index in [0.717, 1.165) is 0 Å². The van der Waals surface area contributed by atoms with Crippen LogP contribution in [0.3, 0.4) is 0 Å². The minimum absolute atomic E-state index is 0.0755. The van der Waals surface area contributed by atoms with Crippen LogP contribution in [0.15, 0.2) is 48.5 Å². The highest BCUT2D eigenvalue weighted by Gasteiger charge is 2.10. The van der Waals surface area contributed by atoms with Crippen molar-refractivity contribution in [3.05, 3.63) is 59.7 Å². The van der Waals surface area contributed by atoms with Crippen LogP contribution in [-0.2, 0) is 0 Å². The predicted octanol–water partition coefficient (Wildman–Crippen LogP) is 3.31. The number of rotatable bonds is 5. The summed E-state index contributed by atoms with van der Waals surface area (Å²) >= 11 is 0. The van der Waals surface area contributed by atoms with Gasteiger partial charge in [-0.1, -0.05) is 24.3 Å². The van der Waals surface area contributed by atoms with Crippen LogP contribution in [-0.4, -0.2) is 21.6 Å². The van der Waals surface area contributed by atoms with Gasteiger partial charge in [-0.05, 0) is 37.1 Å². The minimum atomic E-state index is 0.0755. The lowest BCUT2D eigenvalue weighted by Gasteiger charge is -2.08. The van der Waals surface area contributed by atoms with Gasteiger partial charge in [-0.2, -0.15) is 0 Å². The summed E-state index contributed by atoms with van der Waals surface area (Å²) in [6.07, 6.45) is 0.676. The number of hydrogen-bond acceptors (Lipinski definition) is 4. The van der Waals surface area contributed by atoms with Gasteiger partial charge < -0.3 is 21.0 Å². The number of hydrogen-bond donors (Lipinski definition) is 4. The molecule has 2 aromatic rings. The number of nitrogens with one attached hydrogen (secondary N) is 2. The Bertz CT molecular complexity index is 593. The summed E-state index contributed by atoms with van der Waals surface area (Å²) in [5.74, 6) is 0.151. The third-order valence-electron chi connectivity index (χ3n) is 3.08. The number of phenols is 2. The molecule has 20 heavy (non-hydrogen) atoms. The van der Waals surface area contributed by atoms with Crippen molar-refractivity contribution in [2.45, 2.75) is 12.8 Å². The zero-order valence-corrected chi connectivity index (χ0v) is 10.9. The van der Waals surface area contributed by atoms with Gasteiger partial charge in [-0.25, -0.2) is 0 Å². The second-order valence-corrected chi connectivity index (χ2v) is 4.49. The fraction of sp³-hybridized carbons (Fsp3) is 0.125. The van der Waals surface area contributed by atoms with Gasteiger partial charge in [0.1, 0.15) is 11.5 Å². The van der Waals surface area contributed by atoms with E-state index < -0.39 is 0 Å². The Kier molecular flexibility index (Phi) is 4.15. The highest BCUT2D eigenvalue weighted by molar-refractivity contribution is 6.06. The molecule has 0 unspecified atom stereocenters. The molecule has 2 aromatic carbocycles. The summed E-state index contributed by atoms with van der Waals surface area (Å²) in [6.45, 7) is 0. The molecule has 0 atom stereocenters. The molecule has 0 spiro atoms. The molecule has 0 radical (unpaired) electrons. The van der Waals surface area contributed by atoms with Gasteiger partial charge >= 0.3 is 0 Å². The van der Waals surface area contributed by atoms with Crippen LogP contribution >= 0.6 is 0 Å². The highest BCUT2D eigenvalue weighted by atomic mass is 16.3. The van der Waals surface area contributed by atoms with Gasteiger partial charge in [0, 0.05) is 22.6 Å². The van der Waals surface area contributed by atoms with Crippen molar-refractivity contribution >= 4 is 11.4 Å². The van der Waals surface area contributed by atoms with E-state index in [4.69, 9.17) is 10.8 Å². The van der Waals surface area contributed by atoms with E-state index >= 15 is 0 Å². The maximum absolute atomic E-state index is 9.67. The smallest absolute Gasteiger partial charge is 0.124 e. The molecule has 4 N–H and O–H groups in total. The molecule has 0 fully saturated rings. The molecule has 0 aliphatic rings. The van der Waals surface area contributed by atoms with Crippen molar-refractivity contribution in [2.24, 2.45) is 0 Å². The summed E-state index contributed by atoms with van der Waals surface area (Å²) in [6, 6.07) is 13.4. The summed E-state index contributed by atoms with van der Waals surface area (Å²) in [7, 11) is 0. The Labute approximate surface area is 117 Å². The second kappa shape index (κ2) is 6.02. The molecule has 0 aromatic heterocycles. The van der Waals surface area contributed by atoms with Crippen LogP contribution in [0.25, 0.3) is 0 Å². The number of benzene rings is 2. The molecule has 0 saturated carbocycles. The van der Waals surface area contributed by atoms with Crippen LogP contribution in [0.2, 0.25) is 0 Å². The molecular weight excluding hydrogens is 252 g/mol. The lowest BCUT2D eigenvalue weighted by molar-refractivity contribution is 0.473. The van der Waals surface area contributed by atoms with Crippen molar-refractivity contribution in [3.63, 3.8) is 0 Å². The Morgan fingerprint density at radius 2 is 1.05 bits per heavy atom. The first-order valence-corrected chi connectivity index (χ1v) is 6.31. The number of phenolic OH excluding ortho intramolecular Hbond substituents is 2. The monoisotopic (exact) mass is 268 g/mol. The van der Waals surface area contributed by atoms with Crippen LogP contribution in [0.1, 0.15) is 24.0 Å². The van der Waals surface area contributed by atoms with Crippen molar-refractivity contribution in [1.29, 1.82) is 10.8 Å². The average Bonchev–Trinajstić information content (AvgIpc) is 2.45. The maximum atomic E-state index is 9.67. The first-order valence-electron chi connectivity index (χ1n) is 6.31. The zero-order chi connectivity index (χ0) is 14.5. The van der Waals surface area contributed by atoms with Crippen LogP contribution in [0, 0.1) is 10.8 Å². The fourth-order valence-electron chi connectivity index (χ4n) is 1.98. The Hall–Kier alpha value is -2.62. The lowest BCUT2D eigenvalue weighted by atomic mass is 9.99. The fourth-order valence-corrected chi connectivity index (χ4v) is 1.98. The van der Waals surface area contributed by atoms with Crippen molar-refractivity contribution in [2.75, 3.05) is 0 Å². The van der Waals surface area contributed by atoms with Crippen LogP contribution in [0.4, 0.5) is 0 Å². The normalized spacial score (nSPS) is 10.2. The maximum Gasteiger partial charge on any atom is 0.124 e. The van der Waals surface area contributed by atoms with E-state index in [-0.39, 0.29) is 22.9 Å². The SMILES string of the molecule is N=C(CCC(=N)c1ccccc1O)c1ccccc1O. The summed E-state index contributed by atoms with van der Waals surface area (Å²) in [4.78, 5) is 0. The standard InChI is InChI=1S/C16H16N2O2/c17-13(11-5-1-3-7-15(11)19)9-10-14(18)12-6-2-4-8-16(12)20/h1-8,17-20H,9-10H2. The van der Waals surface area contributed by atoms with Crippen molar-refractivity contribution < 1.29 is 10.2 Å².